The van der Waals surface area contributed by atoms with E-state index in [0.29, 0.717) is 24.4 Å². The first kappa shape index (κ1) is 18.2. The minimum atomic E-state index is -0.177. The first-order chi connectivity index (χ1) is 10.3. The molecule has 0 saturated heterocycles. The maximum absolute atomic E-state index is 12.0. The summed E-state index contributed by atoms with van der Waals surface area (Å²) >= 11 is 0. The summed E-state index contributed by atoms with van der Waals surface area (Å²) in [5.41, 5.74) is 2.12. The molecule has 0 radical (unpaired) electrons. The predicted octanol–water partition coefficient (Wildman–Crippen LogP) is 2.34. The molecule has 0 aromatic heterocycles. The molecule has 0 heterocycles. The SMILES string of the molecule is Cc1cc(C(=O)NCC(C)CO)ccc1NC(=O)CC(C)C. The van der Waals surface area contributed by atoms with E-state index in [1.807, 2.05) is 27.7 Å². The van der Waals surface area contributed by atoms with Crippen LogP contribution >= 0.6 is 0 Å². The summed E-state index contributed by atoms with van der Waals surface area (Å²) in [6.07, 6.45) is 0.473. The zero-order valence-electron chi connectivity index (χ0n) is 13.8. The fourth-order valence-electron chi connectivity index (χ4n) is 1.95. The summed E-state index contributed by atoms with van der Waals surface area (Å²) in [6, 6.07) is 5.19. The number of nitrogens with one attached hydrogen (secondary N) is 2. The number of anilines is 1. The van der Waals surface area contributed by atoms with Crippen molar-refractivity contribution in [2.24, 2.45) is 11.8 Å². The van der Waals surface area contributed by atoms with Gasteiger partial charge in [0, 0.05) is 30.8 Å². The number of aryl methyl sites for hydroxylation is 1. The molecule has 5 heteroatoms. The van der Waals surface area contributed by atoms with Gasteiger partial charge in [-0.2, -0.15) is 0 Å². The van der Waals surface area contributed by atoms with Gasteiger partial charge in [-0.25, -0.2) is 0 Å². The van der Waals surface area contributed by atoms with Crippen molar-refractivity contribution in [3.63, 3.8) is 0 Å². The third-order valence-electron chi connectivity index (χ3n) is 3.28. The van der Waals surface area contributed by atoms with Crippen molar-refractivity contribution in [1.29, 1.82) is 0 Å². The Bertz CT molecular complexity index is 527. The third-order valence-corrected chi connectivity index (χ3v) is 3.28. The molecule has 0 fully saturated rings. The van der Waals surface area contributed by atoms with Crippen molar-refractivity contribution < 1.29 is 14.7 Å². The van der Waals surface area contributed by atoms with Gasteiger partial charge in [0.15, 0.2) is 0 Å². The van der Waals surface area contributed by atoms with Crippen LogP contribution < -0.4 is 10.6 Å². The second-order valence-electron chi connectivity index (χ2n) is 6.17. The average molecular weight is 306 g/mol. The van der Waals surface area contributed by atoms with E-state index in [9.17, 15) is 9.59 Å². The van der Waals surface area contributed by atoms with E-state index in [4.69, 9.17) is 5.11 Å². The van der Waals surface area contributed by atoms with E-state index < -0.39 is 0 Å². The van der Waals surface area contributed by atoms with E-state index >= 15 is 0 Å². The van der Waals surface area contributed by atoms with Crippen molar-refractivity contribution >= 4 is 17.5 Å². The zero-order chi connectivity index (χ0) is 16.7. The van der Waals surface area contributed by atoms with Crippen LogP contribution in [-0.4, -0.2) is 30.1 Å². The van der Waals surface area contributed by atoms with E-state index in [1.54, 1.807) is 18.2 Å². The molecule has 0 saturated carbocycles. The summed E-state index contributed by atoms with van der Waals surface area (Å²) in [4.78, 5) is 23.8. The topological polar surface area (TPSA) is 78.4 Å². The van der Waals surface area contributed by atoms with Gasteiger partial charge in [-0.15, -0.1) is 0 Å². The number of carbonyl (C=O) groups is 2. The minimum absolute atomic E-state index is 0.0212. The molecule has 0 bridgehead atoms. The molecule has 2 amide bonds. The Hall–Kier alpha value is -1.88. The third kappa shape index (κ3) is 5.85. The van der Waals surface area contributed by atoms with Crippen LogP contribution in [0.15, 0.2) is 18.2 Å². The second-order valence-corrected chi connectivity index (χ2v) is 6.17. The molecule has 122 valence electrons. The Morgan fingerprint density at radius 2 is 1.91 bits per heavy atom. The molecule has 0 aliphatic rings. The monoisotopic (exact) mass is 306 g/mol. The van der Waals surface area contributed by atoms with Gasteiger partial charge in [-0.3, -0.25) is 9.59 Å². The fourth-order valence-corrected chi connectivity index (χ4v) is 1.95. The zero-order valence-corrected chi connectivity index (χ0v) is 13.8. The van der Waals surface area contributed by atoms with Crippen LogP contribution in [0, 0.1) is 18.8 Å². The molecule has 1 aromatic rings. The lowest BCUT2D eigenvalue weighted by Crippen LogP contribution is -2.29. The van der Waals surface area contributed by atoms with Crippen LogP contribution in [0.1, 0.15) is 43.1 Å². The lowest BCUT2D eigenvalue weighted by Gasteiger charge is -2.13. The molecule has 1 unspecified atom stereocenters. The normalized spacial score (nSPS) is 12.1. The van der Waals surface area contributed by atoms with Gasteiger partial charge in [0.05, 0.1) is 0 Å². The molecule has 0 aliphatic carbocycles. The molecule has 0 spiro atoms. The number of carbonyl (C=O) groups excluding carboxylic acids is 2. The highest BCUT2D eigenvalue weighted by molar-refractivity contribution is 5.96. The van der Waals surface area contributed by atoms with Gasteiger partial charge in [-0.1, -0.05) is 20.8 Å². The second kappa shape index (κ2) is 8.54. The number of rotatable bonds is 7. The van der Waals surface area contributed by atoms with E-state index in [0.717, 1.165) is 11.3 Å². The smallest absolute Gasteiger partial charge is 0.251 e. The van der Waals surface area contributed by atoms with E-state index in [2.05, 4.69) is 10.6 Å². The number of aliphatic hydroxyl groups excluding tert-OH is 1. The summed E-state index contributed by atoms with van der Waals surface area (Å²) in [5.74, 6) is 0.133. The summed E-state index contributed by atoms with van der Waals surface area (Å²) in [5, 5.41) is 14.6. The standard InChI is InChI=1S/C17H26N2O3/c1-11(2)7-16(21)19-15-6-5-14(8-13(15)4)17(22)18-9-12(3)10-20/h5-6,8,11-12,20H,7,9-10H2,1-4H3,(H,18,22)(H,19,21). The fraction of sp³-hybridized carbons (Fsp3) is 0.529. The molecule has 22 heavy (non-hydrogen) atoms. The van der Waals surface area contributed by atoms with E-state index in [1.165, 1.54) is 0 Å². The molecule has 0 aliphatic heterocycles. The molecule has 1 aromatic carbocycles. The van der Waals surface area contributed by atoms with Crippen LogP contribution in [0.2, 0.25) is 0 Å². The lowest BCUT2D eigenvalue weighted by molar-refractivity contribution is -0.116. The molecular formula is C17H26N2O3. The summed E-state index contributed by atoms with van der Waals surface area (Å²) in [7, 11) is 0. The Kier molecular flexibility index (Phi) is 7.05. The first-order valence-corrected chi connectivity index (χ1v) is 7.63. The summed E-state index contributed by atoms with van der Waals surface area (Å²) < 4.78 is 0. The lowest BCUT2D eigenvalue weighted by atomic mass is 10.1. The van der Waals surface area contributed by atoms with Crippen LogP contribution in [-0.2, 0) is 4.79 Å². The molecule has 1 rings (SSSR count). The van der Waals surface area contributed by atoms with Crippen molar-refractivity contribution in [1.82, 2.24) is 5.32 Å². The van der Waals surface area contributed by atoms with Crippen LogP contribution in [0.4, 0.5) is 5.69 Å². The Balaban J connectivity index is 2.68. The average Bonchev–Trinajstić information content (AvgIpc) is 2.45. The number of hydrogen-bond acceptors (Lipinski definition) is 3. The van der Waals surface area contributed by atoms with Crippen LogP contribution in [0.25, 0.3) is 0 Å². The van der Waals surface area contributed by atoms with E-state index in [-0.39, 0.29) is 24.3 Å². The predicted molar refractivity (Wildman–Crippen MR) is 87.8 cm³/mol. The highest BCUT2D eigenvalue weighted by atomic mass is 16.3. The Morgan fingerprint density at radius 1 is 1.23 bits per heavy atom. The van der Waals surface area contributed by atoms with Gasteiger partial charge in [-0.05, 0) is 42.5 Å². The van der Waals surface area contributed by atoms with Crippen LogP contribution in [0.3, 0.4) is 0 Å². The van der Waals surface area contributed by atoms with Crippen LogP contribution in [0.5, 0.6) is 0 Å². The van der Waals surface area contributed by atoms with Crippen molar-refractivity contribution in [3.05, 3.63) is 29.3 Å². The number of hydrogen-bond donors (Lipinski definition) is 3. The maximum Gasteiger partial charge on any atom is 0.251 e. The largest absolute Gasteiger partial charge is 0.396 e. The maximum atomic E-state index is 12.0. The molecule has 3 N–H and O–H groups in total. The highest BCUT2D eigenvalue weighted by Crippen LogP contribution is 2.17. The molecule has 1 atom stereocenters. The van der Waals surface area contributed by atoms with Crippen molar-refractivity contribution in [2.75, 3.05) is 18.5 Å². The van der Waals surface area contributed by atoms with Gasteiger partial charge in [0.2, 0.25) is 5.91 Å². The number of amides is 2. The minimum Gasteiger partial charge on any atom is -0.396 e. The Morgan fingerprint density at radius 3 is 2.45 bits per heavy atom. The Labute approximate surface area is 132 Å². The number of aliphatic hydroxyl groups is 1. The first-order valence-electron chi connectivity index (χ1n) is 7.63. The number of benzene rings is 1. The molecular weight excluding hydrogens is 280 g/mol. The van der Waals surface area contributed by atoms with Gasteiger partial charge < -0.3 is 15.7 Å². The summed E-state index contributed by atoms with van der Waals surface area (Å²) in [6.45, 7) is 8.18. The molecule has 5 nitrogen and oxygen atoms in total. The quantitative estimate of drug-likeness (QED) is 0.723. The highest BCUT2D eigenvalue weighted by Gasteiger charge is 2.11. The van der Waals surface area contributed by atoms with Crippen molar-refractivity contribution in [2.45, 2.75) is 34.1 Å². The van der Waals surface area contributed by atoms with Gasteiger partial charge >= 0.3 is 0 Å². The van der Waals surface area contributed by atoms with Crippen molar-refractivity contribution in [3.8, 4) is 0 Å². The van der Waals surface area contributed by atoms with Gasteiger partial charge in [0.25, 0.3) is 5.91 Å². The van der Waals surface area contributed by atoms with Gasteiger partial charge in [0.1, 0.15) is 0 Å².